The van der Waals surface area contributed by atoms with Gasteiger partial charge in [0.1, 0.15) is 0 Å². The zero-order valence-corrected chi connectivity index (χ0v) is 15.3. The highest BCUT2D eigenvalue weighted by Crippen LogP contribution is 2.37. The molecule has 0 radical (unpaired) electrons. The molecule has 0 aliphatic rings. The lowest BCUT2D eigenvalue weighted by Gasteiger charge is -2.15. The fraction of sp³-hybridized carbons (Fsp3) is 0.316. The molecule has 0 saturated heterocycles. The van der Waals surface area contributed by atoms with Crippen LogP contribution in [0.3, 0.4) is 0 Å². The lowest BCUT2D eigenvalue weighted by Crippen LogP contribution is -2.05. The predicted octanol–water partition coefficient (Wildman–Crippen LogP) is 4.76. The number of anilines is 1. The highest BCUT2D eigenvalue weighted by atomic mass is 35.5. The van der Waals surface area contributed by atoms with Crippen LogP contribution in [0.4, 0.5) is 5.69 Å². The van der Waals surface area contributed by atoms with Gasteiger partial charge in [-0.15, -0.1) is 0 Å². The van der Waals surface area contributed by atoms with Crippen LogP contribution in [0, 0.1) is 6.92 Å². The summed E-state index contributed by atoms with van der Waals surface area (Å²) >= 11 is 6.32. The van der Waals surface area contributed by atoms with Crippen LogP contribution in [0.15, 0.2) is 30.3 Å². The van der Waals surface area contributed by atoms with Crippen molar-refractivity contribution in [1.29, 1.82) is 0 Å². The lowest BCUT2D eigenvalue weighted by atomic mass is 10.1. The highest BCUT2D eigenvalue weighted by Gasteiger charge is 2.13. The molecule has 2 rings (SSSR count). The summed E-state index contributed by atoms with van der Waals surface area (Å²) in [5.74, 6) is 0.189. The van der Waals surface area contributed by atoms with E-state index in [0.717, 1.165) is 16.8 Å². The molecule has 0 fully saturated rings. The predicted molar refractivity (Wildman–Crippen MR) is 99.3 cm³/mol. The summed E-state index contributed by atoms with van der Waals surface area (Å²) in [5, 5.41) is 12.9. The van der Waals surface area contributed by atoms with Gasteiger partial charge in [-0.25, -0.2) is 4.79 Å². The molecule has 5 nitrogen and oxygen atoms in total. The van der Waals surface area contributed by atoms with Gasteiger partial charge in [-0.3, -0.25) is 0 Å². The number of benzene rings is 2. The average Bonchev–Trinajstić information content (AvgIpc) is 2.57. The molecule has 6 heteroatoms. The number of hydrogen-bond acceptors (Lipinski definition) is 4. The molecule has 0 bridgehead atoms. The van der Waals surface area contributed by atoms with E-state index in [0.29, 0.717) is 36.3 Å². The first-order valence-electron chi connectivity index (χ1n) is 8.12. The molecule has 0 amide bonds. The van der Waals surface area contributed by atoms with Crippen molar-refractivity contribution in [3.63, 3.8) is 0 Å². The third-order valence-electron chi connectivity index (χ3n) is 3.63. The number of hydrogen-bond donors (Lipinski definition) is 2. The number of nitrogens with one attached hydrogen (secondary N) is 1. The van der Waals surface area contributed by atoms with Crippen molar-refractivity contribution in [2.24, 2.45) is 0 Å². The molecule has 134 valence electrons. The van der Waals surface area contributed by atoms with Crippen LogP contribution in [-0.2, 0) is 6.54 Å². The van der Waals surface area contributed by atoms with Gasteiger partial charge in [0.15, 0.2) is 11.5 Å². The maximum atomic E-state index is 11.1. The van der Waals surface area contributed by atoms with E-state index in [4.69, 9.17) is 26.2 Å². The van der Waals surface area contributed by atoms with Crippen LogP contribution in [0.1, 0.15) is 35.3 Å². The Labute approximate surface area is 152 Å². The summed E-state index contributed by atoms with van der Waals surface area (Å²) in [6.07, 6.45) is 0. The monoisotopic (exact) mass is 363 g/mol. The fourth-order valence-electron chi connectivity index (χ4n) is 2.41. The van der Waals surface area contributed by atoms with Gasteiger partial charge in [-0.2, -0.15) is 0 Å². The van der Waals surface area contributed by atoms with Crippen molar-refractivity contribution < 1.29 is 19.4 Å². The molecule has 0 heterocycles. The van der Waals surface area contributed by atoms with Crippen molar-refractivity contribution in [3.05, 3.63) is 52.0 Å². The summed E-state index contributed by atoms with van der Waals surface area (Å²) in [6.45, 7) is 7.20. The molecule has 0 saturated carbocycles. The van der Waals surface area contributed by atoms with Crippen molar-refractivity contribution in [3.8, 4) is 11.5 Å². The van der Waals surface area contributed by atoms with E-state index < -0.39 is 5.97 Å². The van der Waals surface area contributed by atoms with Crippen LogP contribution in [-0.4, -0.2) is 24.3 Å². The Kier molecular flexibility index (Phi) is 6.53. The molecule has 25 heavy (non-hydrogen) atoms. The van der Waals surface area contributed by atoms with Gasteiger partial charge in [-0.1, -0.05) is 17.7 Å². The molecule has 0 aromatic heterocycles. The fourth-order valence-corrected chi connectivity index (χ4v) is 2.70. The SMILES string of the molecule is CCOc1cc(CNc2cc(C(=O)O)ccc2C)cc(Cl)c1OCC. The van der Waals surface area contributed by atoms with E-state index >= 15 is 0 Å². The van der Waals surface area contributed by atoms with Gasteiger partial charge in [0.2, 0.25) is 0 Å². The van der Waals surface area contributed by atoms with Gasteiger partial charge >= 0.3 is 5.97 Å². The number of halogens is 1. The van der Waals surface area contributed by atoms with Crippen molar-refractivity contribution in [2.75, 3.05) is 18.5 Å². The molecule has 0 spiro atoms. The minimum atomic E-state index is -0.953. The Morgan fingerprint density at radius 3 is 2.52 bits per heavy atom. The largest absolute Gasteiger partial charge is 0.490 e. The smallest absolute Gasteiger partial charge is 0.335 e. The van der Waals surface area contributed by atoms with E-state index in [-0.39, 0.29) is 5.56 Å². The molecule has 2 aromatic carbocycles. The zero-order valence-electron chi connectivity index (χ0n) is 14.6. The van der Waals surface area contributed by atoms with Crippen LogP contribution >= 0.6 is 11.6 Å². The highest BCUT2D eigenvalue weighted by molar-refractivity contribution is 6.32. The first kappa shape index (κ1) is 18.9. The van der Waals surface area contributed by atoms with Gasteiger partial charge in [0, 0.05) is 12.2 Å². The summed E-state index contributed by atoms with van der Waals surface area (Å²) in [7, 11) is 0. The Morgan fingerprint density at radius 1 is 1.16 bits per heavy atom. The van der Waals surface area contributed by atoms with Crippen LogP contribution in [0.5, 0.6) is 11.5 Å². The first-order valence-corrected chi connectivity index (χ1v) is 8.49. The maximum Gasteiger partial charge on any atom is 0.335 e. The second-order valence-corrected chi connectivity index (χ2v) is 5.87. The van der Waals surface area contributed by atoms with Gasteiger partial charge < -0.3 is 19.9 Å². The minimum Gasteiger partial charge on any atom is -0.490 e. The van der Waals surface area contributed by atoms with Gasteiger partial charge in [0.25, 0.3) is 0 Å². The van der Waals surface area contributed by atoms with Crippen molar-refractivity contribution in [2.45, 2.75) is 27.3 Å². The molecule has 0 aliphatic heterocycles. The summed E-state index contributed by atoms with van der Waals surface area (Å²) in [4.78, 5) is 11.1. The van der Waals surface area contributed by atoms with E-state index in [2.05, 4.69) is 5.32 Å². The van der Waals surface area contributed by atoms with Crippen LogP contribution < -0.4 is 14.8 Å². The Hall–Kier alpha value is -2.40. The number of rotatable bonds is 8. The minimum absolute atomic E-state index is 0.243. The maximum absolute atomic E-state index is 11.1. The molecular weight excluding hydrogens is 342 g/mol. The number of carboxylic acids is 1. The number of aryl methyl sites for hydroxylation is 1. The second-order valence-electron chi connectivity index (χ2n) is 5.46. The quantitative estimate of drug-likeness (QED) is 0.708. The Bertz CT molecular complexity index is 761. The standard InChI is InChI=1S/C19H22ClNO4/c1-4-24-17-9-13(8-15(20)18(17)25-5-2)11-21-16-10-14(19(22)23)7-6-12(16)3/h6-10,21H,4-5,11H2,1-3H3,(H,22,23). The molecule has 0 aliphatic carbocycles. The number of carboxylic acid groups (broad SMARTS) is 1. The Balaban J connectivity index is 2.23. The van der Waals surface area contributed by atoms with Crippen molar-refractivity contribution >= 4 is 23.3 Å². The second kappa shape index (κ2) is 8.62. The molecular formula is C19H22ClNO4. The lowest BCUT2D eigenvalue weighted by molar-refractivity contribution is 0.0697. The normalized spacial score (nSPS) is 10.4. The number of carbonyl (C=O) groups is 1. The van der Waals surface area contributed by atoms with Crippen LogP contribution in [0.25, 0.3) is 0 Å². The average molecular weight is 364 g/mol. The van der Waals surface area contributed by atoms with E-state index in [9.17, 15) is 4.79 Å². The van der Waals surface area contributed by atoms with Gasteiger partial charge in [-0.05, 0) is 56.2 Å². The summed E-state index contributed by atoms with van der Waals surface area (Å²) in [6, 6.07) is 8.69. The Morgan fingerprint density at radius 2 is 1.88 bits per heavy atom. The first-order chi connectivity index (χ1) is 12.0. The number of ether oxygens (including phenoxy) is 2. The van der Waals surface area contributed by atoms with E-state index in [1.54, 1.807) is 18.2 Å². The molecule has 2 N–H and O–H groups in total. The van der Waals surface area contributed by atoms with E-state index in [1.165, 1.54) is 0 Å². The van der Waals surface area contributed by atoms with Crippen LogP contribution in [0.2, 0.25) is 5.02 Å². The van der Waals surface area contributed by atoms with E-state index in [1.807, 2.05) is 32.9 Å². The third-order valence-corrected chi connectivity index (χ3v) is 3.91. The third kappa shape index (κ3) is 4.79. The summed E-state index contributed by atoms with van der Waals surface area (Å²) < 4.78 is 11.2. The molecule has 0 atom stereocenters. The zero-order chi connectivity index (χ0) is 18.4. The number of aromatic carboxylic acids is 1. The van der Waals surface area contributed by atoms with Crippen molar-refractivity contribution in [1.82, 2.24) is 0 Å². The molecule has 2 aromatic rings. The topological polar surface area (TPSA) is 67.8 Å². The summed E-state index contributed by atoms with van der Waals surface area (Å²) in [5.41, 5.74) is 2.89. The molecule has 0 unspecified atom stereocenters. The van der Waals surface area contributed by atoms with Gasteiger partial charge in [0.05, 0.1) is 23.8 Å².